The molecular weight excluding hydrogens is 478 g/mol. The van der Waals surface area contributed by atoms with Crippen LogP contribution in [0, 0.1) is 5.82 Å². The molecule has 34 heavy (non-hydrogen) atoms. The number of ether oxygens (including phenoxy) is 1. The van der Waals surface area contributed by atoms with Crippen molar-refractivity contribution in [3.05, 3.63) is 99.8 Å². The maximum atomic E-state index is 14.5. The van der Waals surface area contributed by atoms with Gasteiger partial charge in [-0.3, -0.25) is 9.59 Å². The number of likely N-dealkylation sites (N-methyl/N-ethyl adjacent to an activating group) is 1. The number of rotatable bonds is 10. The molecule has 3 rings (SSSR count). The Hall–Kier alpha value is -3.09. The molecule has 0 aromatic heterocycles. The molecule has 1 N–H and O–H groups in total. The van der Waals surface area contributed by atoms with Crippen LogP contribution in [0.5, 0.6) is 5.75 Å². The van der Waals surface area contributed by atoms with Crippen LogP contribution in [0.4, 0.5) is 4.39 Å². The van der Waals surface area contributed by atoms with Crippen LogP contribution in [0.1, 0.15) is 18.1 Å². The number of amides is 2. The molecule has 0 spiro atoms. The fourth-order valence-corrected chi connectivity index (χ4v) is 3.93. The first-order valence-corrected chi connectivity index (χ1v) is 11.6. The fourth-order valence-electron chi connectivity index (χ4n) is 3.47. The van der Waals surface area contributed by atoms with Gasteiger partial charge in [0, 0.05) is 30.1 Å². The molecule has 1 atom stereocenters. The van der Waals surface area contributed by atoms with Crippen molar-refractivity contribution >= 4 is 35.0 Å². The highest BCUT2D eigenvalue weighted by atomic mass is 35.5. The Bertz CT molecular complexity index is 1130. The van der Waals surface area contributed by atoms with Crippen molar-refractivity contribution in [1.82, 2.24) is 10.2 Å². The lowest BCUT2D eigenvalue weighted by Gasteiger charge is -2.31. The van der Waals surface area contributed by atoms with Gasteiger partial charge in [0.15, 0.2) is 6.61 Å². The third-order valence-electron chi connectivity index (χ3n) is 5.17. The molecule has 8 heteroatoms. The van der Waals surface area contributed by atoms with Gasteiger partial charge in [0.2, 0.25) is 5.91 Å². The summed E-state index contributed by atoms with van der Waals surface area (Å²) < 4.78 is 20.1. The van der Waals surface area contributed by atoms with Gasteiger partial charge in [-0.2, -0.15) is 0 Å². The van der Waals surface area contributed by atoms with Gasteiger partial charge in [0.1, 0.15) is 17.6 Å². The van der Waals surface area contributed by atoms with Gasteiger partial charge in [-0.25, -0.2) is 4.39 Å². The van der Waals surface area contributed by atoms with Crippen LogP contribution in [0.15, 0.2) is 72.8 Å². The number of nitrogens with one attached hydrogen (secondary N) is 1. The van der Waals surface area contributed by atoms with Crippen LogP contribution in [-0.4, -0.2) is 35.9 Å². The minimum absolute atomic E-state index is 0.0994. The highest BCUT2D eigenvalue weighted by molar-refractivity contribution is 6.35. The third-order valence-corrected chi connectivity index (χ3v) is 5.70. The van der Waals surface area contributed by atoms with Crippen LogP contribution >= 0.6 is 23.2 Å². The third kappa shape index (κ3) is 6.95. The maximum Gasteiger partial charge on any atom is 0.261 e. The lowest BCUT2D eigenvalue weighted by Crippen LogP contribution is -2.51. The average Bonchev–Trinajstić information content (AvgIpc) is 2.82. The number of carbonyl (C=O) groups is 2. The maximum absolute atomic E-state index is 14.5. The molecule has 3 aromatic rings. The highest BCUT2D eigenvalue weighted by Crippen LogP contribution is 2.27. The van der Waals surface area contributed by atoms with Crippen molar-refractivity contribution in [3.8, 4) is 5.75 Å². The van der Waals surface area contributed by atoms with Gasteiger partial charge >= 0.3 is 0 Å². The molecular formula is C26H25Cl2FN2O3. The zero-order valence-corrected chi connectivity index (χ0v) is 20.2. The molecule has 0 radical (unpaired) electrons. The van der Waals surface area contributed by atoms with Gasteiger partial charge < -0.3 is 15.0 Å². The minimum atomic E-state index is -0.876. The van der Waals surface area contributed by atoms with Crippen LogP contribution in [0.3, 0.4) is 0 Å². The number of hydrogen-bond donors (Lipinski definition) is 1. The molecule has 0 saturated heterocycles. The summed E-state index contributed by atoms with van der Waals surface area (Å²) in [6, 6.07) is 19.3. The zero-order chi connectivity index (χ0) is 24.5. The SMILES string of the molecule is CCNC(=O)[C@@H](Cc1ccccc1)N(Cc1ccccc1F)C(=O)COc1ccc(Cl)cc1Cl. The number of halogens is 3. The van der Waals surface area contributed by atoms with Crippen molar-refractivity contribution in [1.29, 1.82) is 0 Å². The largest absolute Gasteiger partial charge is 0.482 e. The summed E-state index contributed by atoms with van der Waals surface area (Å²) in [7, 11) is 0. The molecule has 0 bridgehead atoms. The zero-order valence-electron chi connectivity index (χ0n) is 18.6. The van der Waals surface area contributed by atoms with E-state index in [4.69, 9.17) is 27.9 Å². The summed E-state index contributed by atoms with van der Waals surface area (Å²) in [5.41, 5.74) is 1.16. The van der Waals surface area contributed by atoms with Crippen molar-refractivity contribution < 1.29 is 18.7 Å². The predicted octanol–water partition coefficient (Wildman–Crippen LogP) is 5.29. The summed E-state index contributed by atoms with van der Waals surface area (Å²) in [5, 5.41) is 3.48. The Balaban J connectivity index is 1.91. The molecule has 178 valence electrons. The highest BCUT2D eigenvalue weighted by Gasteiger charge is 2.31. The first kappa shape index (κ1) is 25.5. The lowest BCUT2D eigenvalue weighted by atomic mass is 10.0. The Kier molecular flexibility index (Phi) is 9.31. The summed E-state index contributed by atoms with van der Waals surface area (Å²) in [5.74, 6) is -0.999. The molecule has 0 fully saturated rings. The van der Waals surface area contributed by atoms with E-state index in [0.717, 1.165) is 5.56 Å². The van der Waals surface area contributed by atoms with Crippen molar-refractivity contribution in [2.24, 2.45) is 0 Å². The van der Waals surface area contributed by atoms with Gasteiger partial charge in [-0.1, -0.05) is 71.7 Å². The van der Waals surface area contributed by atoms with E-state index in [1.807, 2.05) is 30.3 Å². The normalized spacial score (nSPS) is 11.5. The Labute approximate surface area is 208 Å². The smallest absolute Gasteiger partial charge is 0.261 e. The average molecular weight is 503 g/mol. The van der Waals surface area contributed by atoms with E-state index in [1.165, 1.54) is 17.0 Å². The first-order valence-electron chi connectivity index (χ1n) is 10.8. The second kappa shape index (κ2) is 12.4. The molecule has 0 saturated carbocycles. The molecule has 0 aliphatic rings. The monoisotopic (exact) mass is 502 g/mol. The standard InChI is InChI=1S/C26H25Cl2FN2O3/c1-2-30-26(33)23(14-18-8-4-3-5-9-18)31(16-19-10-6-7-11-22(19)29)25(32)17-34-24-13-12-20(27)15-21(24)28/h3-13,15,23H,2,14,16-17H2,1H3,(H,30,33)/t23-/m1/s1. The van der Waals surface area contributed by atoms with Crippen LogP contribution in [0.25, 0.3) is 0 Å². The summed E-state index contributed by atoms with van der Waals surface area (Å²) in [6.45, 7) is 1.70. The van der Waals surface area contributed by atoms with Gasteiger partial charge in [-0.05, 0) is 36.8 Å². The van der Waals surface area contributed by atoms with E-state index in [-0.39, 0.29) is 36.3 Å². The second-order valence-electron chi connectivity index (χ2n) is 7.58. The molecule has 0 aliphatic carbocycles. The molecule has 3 aromatic carbocycles. The Morgan fingerprint density at radius 3 is 2.41 bits per heavy atom. The van der Waals surface area contributed by atoms with Crippen LogP contribution in [-0.2, 0) is 22.6 Å². The van der Waals surface area contributed by atoms with Crippen LogP contribution in [0.2, 0.25) is 10.0 Å². The summed E-state index contributed by atoms with van der Waals surface area (Å²) in [4.78, 5) is 27.8. The fraction of sp³-hybridized carbons (Fsp3) is 0.231. The van der Waals surface area contributed by atoms with Gasteiger partial charge in [0.25, 0.3) is 5.91 Å². The van der Waals surface area contributed by atoms with E-state index >= 15 is 0 Å². The predicted molar refractivity (Wildman–Crippen MR) is 132 cm³/mol. The van der Waals surface area contributed by atoms with Crippen molar-refractivity contribution in [2.75, 3.05) is 13.2 Å². The van der Waals surface area contributed by atoms with E-state index < -0.39 is 17.8 Å². The molecule has 0 heterocycles. The lowest BCUT2D eigenvalue weighted by molar-refractivity contribution is -0.142. The molecule has 2 amide bonds. The Morgan fingerprint density at radius 1 is 1.03 bits per heavy atom. The van der Waals surface area contributed by atoms with Gasteiger partial charge in [0.05, 0.1) is 5.02 Å². The summed E-state index contributed by atoms with van der Waals surface area (Å²) >= 11 is 12.1. The Morgan fingerprint density at radius 2 is 1.74 bits per heavy atom. The second-order valence-corrected chi connectivity index (χ2v) is 8.42. The summed E-state index contributed by atoms with van der Waals surface area (Å²) in [6.07, 6.45) is 0.258. The van der Waals surface area contributed by atoms with Crippen LogP contribution < -0.4 is 10.1 Å². The van der Waals surface area contributed by atoms with E-state index in [2.05, 4.69) is 5.32 Å². The van der Waals surface area contributed by atoms with E-state index in [1.54, 1.807) is 37.3 Å². The molecule has 5 nitrogen and oxygen atoms in total. The van der Waals surface area contributed by atoms with E-state index in [0.29, 0.717) is 17.1 Å². The topological polar surface area (TPSA) is 58.6 Å². The van der Waals surface area contributed by atoms with Crippen molar-refractivity contribution in [2.45, 2.75) is 25.9 Å². The minimum Gasteiger partial charge on any atom is -0.482 e. The molecule has 0 unspecified atom stereocenters. The van der Waals surface area contributed by atoms with Gasteiger partial charge in [-0.15, -0.1) is 0 Å². The van der Waals surface area contributed by atoms with E-state index in [9.17, 15) is 14.0 Å². The number of carbonyl (C=O) groups excluding carboxylic acids is 2. The van der Waals surface area contributed by atoms with Crippen molar-refractivity contribution in [3.63, 3.8) is 0 Å². The number of hydrogen-bond acceptors (Lipinski definition) is 3. The number of benzene rings is 3. The molecule has 0 aliphatic heterocycles. The first-order chi connectivity index (χ1) is 16.4. The number of nitrogens with zero attached hydrogens (tertiary/aromatic N) is 1. The quantitative estimate of drug-likeness (QED) is 0.409.